The molecule has 1 aliphatic rings. The third-order valence-corrected chi connectivity index (χ3v) is 3.97. The zero-order valence-electron chi connectivity index (χ0n) is 10.0. The first-order chi connectivity index (χ1) is 8.43. The van der Waals surface area contributed by atoms with E-state index in [1.807, 2.05) is 0 Å². The monoisotopic (exact) mass is 220 g/mol. The van der Waals surface area contributed by atoms with Crippen LogP contribution in [0.2, 0.25) is 0 Å². The van der Waals surface area contributed by atoms with E-state index in [-0.39, 0.29) is 0 Å². The van der Waals surface area contributed by atoms with Gasteiger partial charge >= 0.3 is 0 Å². The highest BCUT2D eigenvalue weighted by Gasteiger charge is 2.27. The van der Waals surface area contributed by atoms with Crippen LogP contribution in [0.25, 0.3) is 0 Å². The van der Waals surface area contributed by atoms with E-state index < -0.39 is 0 Å². The number of hydrogen-bond acceptors (Lipinski definition) is 0. The lowest BCUT2D eigenvalue weighted by molar-refractivity contribution is 0.765. The average molecular weight is 220 g/mol. The fraction of sp³-hybridized carbons (Fsp3) is 0.250. The van der Waals surface area contributed by atoms with Gasteiger partial charge in [0.2, 0.25) is 0 Å². The molecule has 2 aromatic rings. The van der Waals surface area contributed by atoms with Gasteiger partial charge in [-0.15, -0.1) is 0 Å². The van der Waals surface area contributed by atoms with Crippen LogP contribution < -0.4 is 0 Å². The van der Waals surface area contributed by atoms with Crippen LogP contribution in [0.1, 0.15) is 35.6 Å². The summed E-state index contributed by atoms with van der Waals surface area (Å²) in [5.74, 6) is 1.53. The van der Waals surface area contributed by atoms with Gasteiger partial charge in [0.1, 0.15) is 7.28 Å². The second kappa shape index (κ2) is 4.79. The van der Waals surface area contributed by atoms with Crippen molar-refractivity contribution in [2.45, 2.75) is 24.5 Å². The summed E-state index contributed by atoms with van der Waals surface area (Å²) < 4.78 is 0. The molecular formula is C16H17B. The topological polar surface area (TPSA) is 0 Å². The predicted molar refractivity (Wildman–Crippen MR) is 74.7 cm³/mol. The summed E-state index contributed by atoms with van der Waals surface area (Å²) in [6.07, 6.45) is 2.67. The quantitative estimate of drug-likeness (QED) is 0.677. The molecule has 0 radical (unpaired) electrons. The van der Waals surface area contributed by atoms with Gasteiger partial charge in [0, 0.05) is 0 Å². The van der Waals surface area contributed by atoms with Crippen LogP contribution >= 0.6 is 0 Å². The van der Waals surface area contributed by atoms with Crippen molar-refractivity contribution in [1.82, 2.24) is 0 Å². The zero-order chi connectivity index (χ0) is 11.5. The largest absolute Gasteiger partial charge is 0.138 e. The minimum atomic E-state index is 0.765. The van der Waals surface area contributed by atoms with E-state index in [0.29, 0.717) is 0 Å². The number of rotatable bonds is 2. The molecule has 1 saturated heterocycles. The molecule has 1 heteroatoms. The lowest BCUT2D eigenvalue weighted by Crippen LogP contribution is -2.06. The van der Waals surface area contributed by atoms with Crippen molar-refractivity contribution in [2.75, 3.05) is 0 Å². The van der Waals surface area contributed by atoms with Crippen molar-refractivity contribution in [2.24, 2.45) is 0 Å². The summed E-state index contributed by atoms with van der Waals surface area (Å²) in [5, 5.41) is 0. The van der Waals surface area contributed by atoms with Crippen LogP contribution in [-0.4, -0.2) is 7.28 Å². The Morgan fingerprint density at radius 2 is 1.06 bits per heavy atom. The fourth-order valence-corrected chi connectivity index (χ4v) is 3.04. The Morgan fingerprint density at radius 1 is 0.647 bits per heavy atom. The second-order valence-corrected chi connectivity index (χ2v) is 5.03. The lowest BCUT2D eigenvalue weighted by atomic mass is 9.57. The summed E-state index contributed by atoms with van der Waals surface area (Å²) in [5.41, 5.74) is 3.04. The highest BCUT2D eigenvalue weighted by molar-refractivity contribution is 6.41. The van der Waals surface area contributed by atoms with Crippen LogP contribution in [0.5, 0.6) is 0 Å². The molecule has 0 N–H and O–H groups in total. The first kappa shape index (κ1) is 10.6. The molecule has 0 saturated carbocycles. The maximum Gasteiger partial charge on any atom is 0.138 e. The molecule has 2 unspecified atom stereocenters. The highest BCUT2D eigenvalue weighted by Crippen LogP contribution is 2.36. The van der Waals surface area contributed by atoms with Gasteiger partial charge in [0.05, 0.1) is 0 Å². The Hall–Kier alpha value is -1.50. The van der Waals surface area contributed by atoms with Gasteiger partial charge < -0.3 is 0 Å². The van der Waals surface area contributed by atoms with Gasteiger partial charge in [0.15, 0.2) is 0 Å². The van der Waals surface area contributed by atoms with Crippen LogP contribution in [0.15, 0.2) is 60.7 Å². The Bertz CT molecular complexity index is 418. The third kappa shape index (κ3) is 2.29. The molecule has 0 bridgehead atoms. The summed E-state index contributed by atoms with van der Waals surface area (Å²) in [4.78, 5) is 0. The van der Waals surface area contributed by atoms with Gasteiger partial charge in [-0.1, -0.05) is 84.6 Å². The molecule has 0 nitrogen and oxygen atoms in total. The summed E-state index contributed by atoms with van der Waals surface area (Å²) in [6, 6.07) is 21.9. The van der Waals surface area contributed by atoms with Crippen LogP contribution in [0.3, 0.4) is 0 Å². The highest BCUT2D eigenvalue weighted by atomic mass is 14.2. The fourth-order valence-electron chi connectivity index (χ4n) is 3.04. The van der Waals surface area contributed by atoms with E-state index in [9.17, 15) is 0 Å². The summed E-state index contributed by atoms with van der Waals surface area (Å²) >= 11 is 0. The lowest BCUT2D eigenvalue weighted by Gasteiger charge is -2.10. The zero-order valence-corrected chi connectivity index (χ0v) is 10.0. The van der Waals surface area contributed by atoms with Gasteiger partial charge in [-0.05, 0) is 11.6 Å². The third-order valence-electron chi connectivity index (χ3n) is 3.97. The SMILES string of the molecule is B1C(c2ccccc2)CCC1c1ccccc1. The predicted octanol–water partition coefficient (Wildman–Crippen LogP) is 3.70. The molecule has 0 amide bonds. The second-order valence-electron chi connectivity index (χ2n) is 5.03. The van der Waals surface area contributed by atoms with Crippen molar-refractivity contribution in [1.29, 1.82) is 0 Å². The van der Waals surface area contributed by atoms with Crippen LogP contribution in [-0.2, 0) is 0 Å². The minimum Gasteiger partial charge on any atom is -0.0622 e. The molecule has 0 aromatic heterocycles. The van der Waals surface area contributed by atoms with E-state index >= 15 is 0 Å². The molecule has 84 valence electrons. The van der Waals surface area contributed by atoms with Gasteiger partial charge in [-0.2, -0.15) is 0 Å². The molecule has 0 aliphatic carbocycles. The van der Waals surface area contributed by atoms with Crippen molar-refractivity contribution in [3.63, 3.8) is 0 Å². The first-order valence-electron chi connectivity index (χ1n) is 6.53. The van der Waals surface area contributed by atoms with E-state index in [1.54, 1.807) is 0 Å². The van der Waals surface area contributed by atoms with E-state index in [1.165, 1.54) is 31.2 Å². The Morgan fingerprint density at radius 3 is 1.47 bits per heavy atom. The average Bonchev–Trinajstić information content (AvgIpc) is 2.90. The van der Waals surface area contributed by atoms with Crippen molar-refractivity contribution in [3.05, 3.63) is 71.8 Å². The van der Waals surface area contributed by atoms with Crippen LogP contribution in [0, 0.1) is 0 Å². The standard InChI is InChI=1S/C16H17B/c1-3-7-13(8-4-1)15-11-12-16(17-15)14-9-5-2-6-10-14/h1-10,15-17H,11-12H2. The normalized spacial score (nSPS) is 23.3. The minimum absolute atomic E-state index is 0.765. The van der Waals surface area contributed by atoms with Crippen molar-refractivity contribution >= 4 is 7.28 Å². The molecule has 2 aromatic carbocycles. The van der Waals surface area contributed by atoms with Crippen molar-refractivity contribution < 1.29 is 0 Å². The van der Waals surface area contributed by atoms with Crippen LogP contribution in [0.4, 0.5) is 0 Å². The van der Waals surface area contributed by atoms with Crippen molar-refractivity contribution in [3.8, 4) is 0 Å². The maximum absolute atomic E-state index is 2.28. The molecule has 2 atom stereocenters. The molecule has 17 heavy (non-hydrogen) atoms. The first-order valence-corrected chi connectivity index (χ1v) is 6.53. The number of benzene rings is 2. The van der Waals surface area contributed by atoms with Gasteiger partial charge in [0.25, 0.3) is 0 Å². The summed E-state index contributed by atoms with van der Waals surface area (Å²) in [6.45, 7) is 0. The Kier molecular flexibility index (Phi) is 3.00. The smallest absolute Gasteiger partial charge is 0.0622 e. The summed E-state index contributed by atoms with van der Waals surface area (Å²) in [7, 11) is 1.31. The van der Waals surface area contributed by atoms with Gasteiger partial charge in [-0.3, -0.25) is 0 Å². The molecule has 1 heterocycles. The molecule has 3 rings (SSSR count). The van der Waals surface area contributed by atoms with E-state index in [2.05, 4.69) is 60.7 Å². The molecule has 1 fully saturated rings. The molecular weight excluding hydrogens is 203 g/mol. The molecule has 1 aliphatic heterocycles. The Balaban J connectivity index is 1.75. The Labute approximate surface area is 104 Å². The van der Waals surface area contributed by atoms with E-state index in [4.69, 9.17) is 0 Å². The molecule has 0 spiro atoms. The number of hydrogen-bond donors (Lipinski definition) is 0. The van der Waals surface area contributed by atoms with E-state index in [0.717, 1.165) is 11.6 Å². The van der Waals surface area contributed by atoms with Gasteiger partial charge in [-0.25, -0.2) is 0 Å². The maximum atomic E-state index is 2.28.